The van der Waals surface area contributed by atoms with Crippen LogP contribution in [0.3, 0.4) is 0 Å². The highest BCUT2D eigenvalue weighted by Gasteiger charge is 2.25. The summed E-state index contributed by atoms with van der Waals surface area (Å²) in [5, 5.41) is 6.52. The monoisotopic (exact) mass is 286 g/mol. The molecule has 1 fully saturated rings. The quantitative estimate of drug-likeness (QED) is 0.868. The minimum absolute atomic E-state index is 0.0923. The number of aryl methyl sites for hydroxylation is 1. The van der Waals surface area contributed by atoms with Gasteiger partial charge in [0.2, 0.25) is 0 Å². The summed E-state index contributed by atoms with van der Waals surface area (Å²) in [6, 6.07) is 0. The molecule has 0 aromatic carbocycles. The standard InChI is InChI=1S/C11H15BrN2O2/c1-7-9(6-14-16-7)11(15)13-5-8-3-2-4-10(8)12/h6,8,10H,2-5H2,1H3,(H,13,15). The minimum atomic E-state index is -0.0923. The Hall–Kier alpha value is -0.840. The molecule has 2 unspecified atom stereocenters. The molecule has 88 valence electrons. The lowest BCUT2D eigenvalue weighted by Gasteiger charge is -2.14. The molecule has 2 atom stereocenters. The van der Waals surface area contributed by atoms with Gasteiger partial charge in [0.25, 0.3) is 5.91 Å². The molecular weight excluding hydrogens is 272 g/mol. The Kier molecular flexibility index (Phi) is 3.63. The summed E-state index contributed by atoms with van der Waals surface area (Å²) < 4.78 is 4.86. The van der Waals surface area contributed by atoms with Crippen molar-refractivity contribution in [3.63, 3.8) is 0 Å². The lowest BCUT2D eigenvalue weighted by molar-refractivity contribution is 0.0946. The van der Waals surface area contributed by atoms with Gasteiger partial charge in [-0.3, -0.25) is 4.79 Å². The zero-order valence-corrected chi connectivity index (χ0v) is 10.8. The number of carbonyl (C=O) groups is 1. The smallest absolute Gasteiger partial charge is 0.256 e. The highest BCUT2D eigenvalue weighted by atomic mass is 79.9. The topological polar surface area (TPSA) is 55.1 Å². The maximum atomic E-state index is 11.8. The molecule has 1 saturated carbocycles. The number of rotatable bonds is 3. The van der Waals surface area contributed by atoms with Crippen molar-refractivity contribution in [2.24, 2.45) is 5.92 Å². The van der Waals surface area contributed by atoms with Crippen LogP contribution in [0.4, 0.5) is 0 Å². The Morgan fingerprint density at radius 3 is 3.06 bits per heavy atom. The Labute approximate surface area is 103 Å². The first-order valence-corrected chi connectivity index (χ1v) is 6.43. The molecule has 0 radical (unpaired) electrons. The lowest BCUT2D eigenvalue weighted by atomic mass is 10.1. The third-order valence-corrected chi connectivity index (χ3v) is 4.29. The van der Waals surface area contributed by atoms with Crippen LogP contribution in [0.1, 0.15) is 35.4 Å². The second kappa shape index (κ2) is 4.99. The zero-order valence-electron chi connectivity index (χ0n) is 9.20. The first-order valence-electron chi connectivity index (χ1n) is 5.52. The molecule has 1 aliphatic rings. The van der Waals surface area contributed by atoms with Gasteiger partial charge in [-0.15, -0.1) is 0 Å². The van der Waals surface area contributed by atoms with Crippen molar-refractivity contribution in [3.8, 4) is 0 Å². The summed E-state index contributed by atoms with van der Waals surface area (Å²) in [6.07, 6.45) is 5.08. The summed E-state index contributed by atoms with van der Waals surface area (Å²) >= 11 is 3.64. The highest BCUT2D eigenvalue weighted by molar-refractivity contribution is 9.09. The summed E-state index contributed by atoms with van der Waals surface area (Å²) in [5.74, 6) is 1.02. The van der Waals surface area contributed by atoms with E-state index in [2.05, 4.69) is 26.4 Å². The molecule has 1 amide bonds. The third kappa shape index (κ3) is 2.45. The number of amides is 1. The fourth-order valence-electron chi connectivity index (χ4n) is 2.06. The predicted molar refractivity (Wildman–Crippen MR) is 63.6 cm³/mol. The van der Waals surface area contributed by atoms with Crippen LogP contribution in [0.5, 0.6) is 0 Å². The van der Waals surface area contributed by atoms with Crippen molar-refractivity contribution in [2.75, 3.05) is 6.54 Å². The number of alkyl halides is 1. The van der Waals surface area contributed by atoms with Crippen molar-refractivity contribution in [2.45, 2.75) is 31.0 Å². The highest BCUT2D eigenvalue weighted by Crippen LogP contribution is 2.30. The first kappa shape index (κ1) is 11.6. The average molecular weight is 287 g/mol. The Morgan fingerprint density at radius 2 is 2.50 bits per heavy atom. The van der Waals surface area contributed by atoms with Crippen LogP contribution < -0.4 is 5.32 Å². The Balaban J connectivity index is 1.86. The van der Waals surface area contributed by atoms with E-state index in [0.717, 1.165) is 6.54 Å². The molecule has 1 aromatic heterocycles. The van der Waals surface area contributed by atoms with E-state index in [0.29, 0.717) is 22.1 Å². The van der Waals surface area contributed by atoms with E-state index < -0.39 is 0 Å². The molecule has 0 aliphatic heterocycles. The second-order valence-electron chi connectivity index (χ2n) is 4.21. The van der Waals surface area contributed by atoms with Gasteiger partial charge in [0.05, 0.1) is 6.20 Å². The number of aromatic nitrogens is 1. The van der Waals surface area contributed by atoms with Gasteiger partial charge < -0.3 is 9.84 Å². The van der Waals surface area contributed by atoms with Crippen molar-refractivity contribution in [3.05, 3.63) is 17.5 Å². The van der Waals surface area contributed by atoms with Gasteiger partial charge >= 0.3 is 0 Å². The van der Waals surface area contributed by atoms with E-state index in [-0.39, 0.29) is 5.91 Å². The molecule has 1 aliphatic carbocycles. The van der Waals surface area contributed by atoms with Crippen molar-refractivity contribution >= 4 is 21.8 Å². The predicted octanol–water partition coefficient (Wildman–Crippen LogP) is 2.28. The molecule has 16 heavy (non-hydrogen) atoms. The second-order valence-corrected chi connectivity index (χ2v) is 5.39. The molecule has 0 bridgehead atoms. The molecule has 1 aromatic rings. The fraction of sp³-hybridized carbons (Fsp3) is 0.636. The van der Waals surface area contributed by atoms with Crippen LogP contribution in [-0.2, 0) is 0 Å². The summed E-state index contributed by atoms with van der Waals surface area (Å²) in [5.41, 5.74) is 0.532. The molecule has 0 spiro atoms. The number of nitrogens with one attached hydrogen (secondary N) is 1. The van der Waals surface area contributed by atoms with E-state index in [1.807, 2.05) is 0 Å². The fourth-order valence-corrected chi connectivity index (χ4v) is 2.83. The maximum Gasteiger partial charge on any atom is 0.256 e. The van der Waals surface area contributed by atoms with Crippen molar-refractivity contribution in [1.29, 1.82) is 0 Å². The minimum Gasteiger partial charge on any atom is -0.361 e. The lowest BCUT2D eigenvalue weighted by Crippen LogP contribution is -2.31. The number of nitrogens with zero attached hydrogens (tertiary/aromatic N) is 1. The number of carbonyl (C=O) groups excluding carboxylic acids is 1. The number of halogens is 1. The normalized spacial score (nSPS) is 24.6. The molecule has 4 nitrogen and oxygen atoms in total. The van der Waals surface area contributed by atoms with Gasteiger partial charge in [-0.2, -0.15) is 0 Å². The summed E-state index contributed by atoms with van der Waals surface area (Å²) in [7, 11) is 0. The van der Waals surface area contributed by atoms with Gasteiger partial charge in [-0.05, 0) is 25.7 Å². The van der Waals surface area contributed by atoms with Gasteiger partial charge in [0.15, 0.2) is 0 Å². The number of hydrogen-bond acceptors (Lipinski definition) is 3. The van der Waals surface area contributed by atoms with Crippen LogP contribution in [0, 0.1) is 12.8 Å². The van der Waals surface area contributed by atoms with Crippen molar-refractivity contribution < 1.29 is 9.32 Å². The third-order valence-electron chi connectivity index (χ3n) is 3.09. The van der Waals surface area contributed by atoms with Crippen molar-refractivity contribution in [1.82, 2.24) is 10.5 Å². The van der Waals surface area contributed by atoms with Gasteiger partial charge in [-0.25, -0.2) is 0 Å². The number of hydrogen-bond donors (Lipinski definition) is 1. The van der Waals surface area contributed by atoms with Crippen LogP contribution >= 0.6 is 15.9 Å². The molecule has 0 saturated heterocycles. The van der Waals surface area contributed by atoms with Gasteiger partial charge in [0, 0.05) is 11.4 Å². The van der Waals surface area contributed by atoms with Crippen LogP contribution in [0.2, 0.25) is 0 Å². The van der Waals surface area contributed by atoms with Gasteiger partial charge in [0.1, 0.15) is 11.3 Å². The van der Waals surface area contributed by atoms with E-state index in [9.17, 15) is 4.79 Å². The molecule has 1 heterocycles. The summed E-state index contributed by atoms with van der Waals surface area (Å²) in [4.78, 5) is 12.3. The molecular formula is C11H15BrN2O2. The Bertz CT molecular complexity index is 378. The SMILES string of the molecule is Cc1oncc1C(=O)NCC1CCCC1Br. The Morgan fingerprint density at radius 1 is 1.69 bits per heavy atom. The largest absolute Gasteiger partial charge is 0.361 e. The van der Waals surface area contributed by atoms with E-state index in [1.54, 1.807) is 6.92 Å². The zero-order chi connectivity index (χ0) is 11.5. The molecule has 1 N–H and O–H groups in total. The van der Waals surface area contributed by atoms with E-state index in [1.165, 1.54) is 25.5 Å². The van der Waals surface area contributed by atoms with Gasteiger partial charge in [-0.1, -0.05) is 27.5 Å². The average Bonchev–Trinajstić information content (AvgIpc) is 2.84. The molecule has 5 heteroatoms. The van der Waals surface area contributed by atoms with Crippen LogP contribution in [0.15, 0.2) is 10.7 Å². The molecule has 2 rings (SSSR count). The first-order chi connectivity index (χ1) is 7.68. The van der Waals surface area contributed by atoms with Crippen LogP contribution in [0.25, 0.3) is 0 Å². The van der Waals surface area contributed by atoms with E-state index >= 15 is 0 Å². The van der Waals surface area contributed by atoms with Crippen LogP contribution in [-0.4, -0.2) is 22.4 Å². The summed E-state index contributed by atoms with van der Waals surface area (Å²) in [6.45, 7) is 2.46. The maximum absolute atomic E-state index is 11.8. The van der Waals surface area contributed by atoms with E-state index in [4.69, 9.17) is 4.52 Å².